The lowest BCUT2D eigenvalue weighted by molar-refractivity contribution is 0.0708. The van der Waals surface area contributed by atoms with Gasteiger partial charge in [0.25, 0.3) is 5.91 Å². The number of carbonyl (C=O) groups is 1. The van der Waals surface area contributed by atoms with E-state index in [4.69, 9.17) is 5.11 Å². The van der Waals surface area contributed by atoms with Gasteiger partial charge in [-0.15, -0.1) is 0 Å². The third kappa shape index (κ3) is 4.05. The van der Waals surface area contributed by atoms with E-state index in [2.05, 4.69) is 22.6 Å². The fraction of sp³-hybridized carbons (Fsp3) is 0.188. The molecule has 4 heteroatoms. The minimum Gasteiger partial charge on any atom is -0.395 e. The van der Waals surface area contributed by atoms with E-state index in [0.29, 0.717) is 18.7 Å². The summed E-state index contributed by atoms with van der Waals surface area (Å²) in [6.07, 6.45) is 0. The summed E-state index contributed by atoms with van der Waals surface area (Å²) in [6.45, 7) is 0.800. The average molecular weight is 381 g/mol. The monoisotopic (exact) mass is 381 g/mol. The molecule has 0 aromatic heterocycles. The molecule has 0 fully saturated rings. The van der Waals surface area contributed by atoms with Crippen molar-refractivity contribution in [2.75, 3.05) is 13.2 Å². The van der Waals surface area contributed by atoms with Crippen molar-refractivity contribution in [1.82, 2.24) is 4.90 Å². The predicted octanol–water partition coefficient (Wildman–Crippen LogP) is 2.93. The van der Waals surface area contributed by atoms with E-state index in [1.807, 2.05) is 54.6 Å². The number of nitrogens with zero attached hydrogens (tertiary/aromatic N) is 1. The molecule has 0 radical (unpaired) electrons. The van der Waals surface area contributed by atoms with Crippen LogP contribution in [-0.4, -0.2) is 29.1 Å². The maximum Gasteiger partial charge on any atom is 0.254 e. The van der Waals surface area contributed by atoms with Crippen molar-refractivity contribution in [2.45, 2.75) is 6.54 Å². The van der Waals surface area contributed by atoms with Crippen molar-refractivity contribution in [1.29, 1.82) is 0 Å². The van der Waals surface area contributed by atoms with Gasteiger partial charge in [-0.1, -0.05) is 30.3 Å². The molecule has 0 heterocycles. The first-order valence-electron chi connectivity index (χ1n) is 6.40. The van der Waals surface area contributed by atoms with Crippen molar-refractivity contribution in [3.63, 3.8) is 0 Å². The normalized spacial score (nSPS) is 10.3. The molecule has 104 valence electrons. The Hall–Kier alpha value is -1.40. The Morgan fingerprint density at radius 2 is 1.70 bits per heavy atom. The van der Waals surface area contributed by atoms with Crippen LogP contribution in [0.1, 0.15) is 15.9 Å². The molecule has 2 aromatic rings. The summed E-state index contributed by atoms with van der Waals surface area (Å²) >= 11 is 2.21. The topological polar surface area (TPSA) is 40.5 Å². The minimum atomic E-state index is -0.0562. The molecular weight excluding hydrogens is 365 g/mol. The van der Waals surface area contributed by atoms with E-state index in [1.165, 1.54) is 0 Å². The summed E-state index contributed by atoms with van der Waals surface area (Å²) in [7, 11) is 0. The highest BCUT2D eigenvalue weighted by Gasteiger charge is 2.15. The molecule has 0 saturated heterocycles. The summed E-state index contributed by atoms with van der Waals surface area (Å²) in [6, 6.07) is 17.3. The summed E-state index contributed by atoms with van der Waals surface area (Å²) in [5.41, 5.74) is 1.70. The Labute approximate surface area is 132 Å². The zero-order valence-corrected chi connectivity index (χ0v) is 13.2. The molecule has 0 saturated carbocycles. The fourth-order valence-corrected chi connectivity index (χ4v) is 2.31. The summed E-state index contributed by atoms with van der Waals surface area (Å²) in [4.78, 5) is 14.1. The van der Waals surface area contributed by atoms with Gasteiger partial charge >= 0.3 is 0 Å². The fourth-order valence-electron chi connectivity index (χ4n) is 1.95. The highest BCUT2D eigenvalue weighted by atomic mass is 127. The van der Waals surface area contributed by atoms with Crippen LogP contribution in [0.15, 0.2) is 54.6 Å². The second-order valence-corrected chi connectivity index (χ2v) is 5.69. The number of aliphatic hydroxyl groups excluding tert-OH is 1. The number of hydrogen-bond acceptors (Lipinski definition) is 2. The van der Waals surface area contributed by atoms with Gasteiger partial charge in [0.05, 0.1) is 6.61 Å². The molecule has 0 atom stereocenters. The largest absolute Gasteiger partial charge is 0.395 e. The van der Waals surface area contributed by atoms with Crippen LogP contribution < -0.4 is 0 Å². The number of aliphatic hydroxyl groups is 1. The van der Waals surface area contributed by atoms with Gasteiger partial charge < -0.3 is 10.0 Å². The van der Waals surface area contributed by atoms with Gasteiger partial charge in [0, 0.05) is 22.2 Å². The number of hydrogen-bond donors (Lipinski definition) is 1. The van der Waals surface area contributed by atoms with Gasteiger partial charge in [0.15, 0.2) is 0 Å². The molecule has 2 rings (SSSR count). The first-order chi connectivity index (χ1) is 9.70. The zero-order chi connectivity index (χ0) is 14.4. The lowest BCUT2D eigenvalue weighted by Gasteiger charge is -2.22. The van der Waals surface area contributed by atoms with Crippen molar-refractivity contribution in [3.8, 4) is 0 Å². The highest BCUT2D eigenvalue weighted by Crippen LogP contribution is 2.12. The number of amides is 1. The van der Waals surface area contributed by atoms with E-state index >= 15 is 0 Å². The molecule has 3 nitrogen and oxygen atoms in total. The van der Waals surface area contributed by atoms with Crippen LogP contribution in [0.3, 0.4) is 0 Å². The maximum absolute atomic E-state index is 12.5. The molecule has 0 unspecified atom stereocenters. The number of benzene rings is 2. The van der Waals surface area contributed by atoms with Crippen LogP contribution in [0.25, 0.3) is 0 Å². The van der Waals surface area contributed by atoms with E-state index in [0.717, 1.165) is 9.13 Å². The van der Waals surface area contributed by atoms with Crippen LogP contribution in [0.2, 0.25) is 0 Å². The SMILES string of the molecule is O=C(c1ccc(I)cc1)N(CCO)Cc1ccccc1. The number of halogens is 1. The van der Waals surface area contributed by atoms with E-state index in [-0.39, 0.29) is 12.5 Å². The molecule has 1 amide bonds. The van der Waals surface area contributed by atoms with Crippen LogP contribution in [0.4, 0.5) is 0 Å². The van der Waals surface area contributed by atoms with E-state index in [1.54, 1.807) is 4.90 Å². The van der Waals surface area contributed by atoms with Gasteiger partial charge in [0.2, 0.25) is 0 Å². The van der Waals surface area contributed by atoms with Gasteiger partial charge in [-0.2, -0.15) is 0 Å². The van der Waals surface area contributed by atoms with E-state index in [9.17, 15) is 4.79 Å². The molecule has 0 bridgehead atoms. The molecule has 1 N–H and O–H groups in total. The molecule has 0 aliphatic carbocycles. The Morgan fingerprint density at radius 3 is 2.30 bits per heavy atom. The third-order valence-electron chi connectivity index (χ3n) is 2.96. The second-order valence-electron chi connectivity index (χ2n) is 4.44. The molecular formula is C16H16INO2. The van der Waals surface area contributed by atoms with Gasteiger partial charge in [-0.25, -0.2) is 0 Å². The molecule has 2 aromatic carbocycles. The Bertz CT molecular complexity index is 554. The lowest BCUT2D eigenvalue weighted by Crippen LogP contribution is -2.33. The van der Waals surface area contributed by atoms with Crippen molar-refractivity contribution in [3.05, 3.63) is 69.3 Å². The lowest BCUT2D eigenvalue weighted by atomic mass is 10.1. The molecule has 20 heavy (non-hydrogen) atoms. The van der Waals surface area contributed by atoms with Gasteiger partial charge in [0.1, 0.15) is 0 Å². The maximum atomic E-state index is 12.5. The standard InChI is InChI=1S/C16H16INO2/c17-15-8-6-14(7-9-15)16(20)18(10-11-19)12-13-4-2-1-3-5-13/h1-9,19H,10-12H2. The first kappa shape index (κ1) is 15.0. The minimum absolute atomic E-state index is 0.0387. The van der Waals surface area contributed by atoms with Crippen LogP contribution in [-0.2, 0) is 6.54 Å². The van der Waals surface area contributed by atoms with Crippen molar-refractivity contribution < 1.29 is 9.90 Å². The quantitative estimate of drug-likeness (QED) is 0.810. The van der Waals surface area contributed by atoms with E-state index < -0.39 is 0 Å². The highest BCUT2D eigenvalue weighted by molar-refractivity contribution is 14.1. The summed E-state index contributed by atoms with van der Waals surface area (Å²) < 4.78 is 1.09. The number of rotatable bonds is 5. The van der Waals surface area contributed by atoms with Crippen molar-refractivity contribution in [2.24, 2.45) is 0 Å². The molecule has 0 aliphatic rings. The van der Waals surface area contributed by atoms with Crippen LogP contribution in [0.5, 0.6) is 0 Å². The van der Waals surface area contributed by atoms with Crippen LogP contribution >= 0.6 is 22.6 Å². The zero-order valence-electron chi connectivity index (χ0n) is 11.0. The first-order valence-corrected chi connectivity index (χ1v) is 7.48. The smallest absolute Gasteiger partial charge is 0.254 e. The van der Waals surface area contributed by atoms with Crippen molar-refractivity contribution >= 4 is 28.5 Å². The Balaban J connectivity index is 2.15. The summed E-state index contributed by atoms with van der Waals surface area (Å²) in [5.74, 6) is -0.0562. The average Bonchev–Trinajstić information content (AvgIpc) is 2.48. The van der Waals surface area contributed by atoms with Gasteiger partial charge in [-0.3, -0.25) is 4.79 Å². The predicted molar refractivity (Wildman–Crippen MR) is 87.4 cm³/mol. The molecule has 0 spiro atoms. The van der Waals surface area contributed by atoms with Crippen LogP contribution in [0, 0.1) is 3.57 Å². The van der Waals surface area contributed by atoms with Gasteiger partial charge in [-0.05, 0) is 52.4 Å². The Morgan fingerprint density at radius 1 is 1.05 bits per heavy atom. The number of carbonyl (C=O) groups excluding carboxylic acids is 1. The summed E-state index contributed by atoms with van der Waals surface area (Å²) in [5, 5.41) is 9.16. The third-order valence-corrected chi connectivity index (χ3v) is 3.68. The Kier molecular flexibility index (Phi) is 5.55. The second kappa shape index (κ2) is 7.40. The molecule has 0 aliphatic heterocycles.